The summed E-state index contributed by atoms with van der Waals surface area (Å²) in [5, 5.41) is 26.9. The van der Waals surface area contributed by atoms with E-state index in [1.165, 1.54) is 14.0 Å². The Balaban J connectivity index is 2.01. The molecule has 0 bridgehead atoms. The minimum Gasteiger partial charge on any atom is -0.512 e. The van der Waals surface area contributed by atoms with Crippen LogP contribution in [0.15, 0.2) is 42.3 Å². The zero-order valence-corrected chi connectivity index (χ0v) is 17.4. The number of nitrogens with zero attached hydrogens (tertiary/aromatic N) is 5. The van der Waals surface area contributed by atoms with Gasteiger partial charge in [-0.2, -0.15) is 0 Å². The number of hydrogen-bond acceptors (Lipinski definition) is 7. The van der Waals surface area contributed by atoms with Gasteiger partial charge in [0.2, 0.25) is 0 Å². The van der Waals surface area contributed by atoms with Gasteiger partial charge in [0.15, 0.2) is 10.8 Å². The van der Waals surface area contributed by atoms with Crippen molar-refractivity contribution in [1.29, 1.82) is 5.41 Å². The molecule has 9 heteroatoms. The summed E-state index contributed by atoms with van der Waals surface area (Å²) >= 11 is 6.40. The molecule has 4 aromatic rings. The Morgan fingerprint density at radius 1 is 1.23 bits per heavy atom. The van der Waals surface area contributed by atoms with Gasteiger partial charge in [0.05, 0.1) is 30.3 Å². The highest BCUT2D eigenvalue weighted by atomic mass is 35.5. The number of pyridine rings is 1. The topological polar surface area (TPSA) is 109 Å². The van der Waals surface area contributed by atoms with Crippen LogP contribution in [0.2, 0.25) is 5.15 Å². The predicted molar refractivity (Wildman–Crippen MR) is 116 cm³/mol. The molecule has 0 radical (unpaired) electrons. The number of benzene rings is 1. The SMILES string of the molecule is COc1cc2c(cc1/C(C(C)=N)=C(\C)O)nc(Cl)c1nnc(Cc3ccccn3)n12. The summed E-state index contributed by atoms with van der Waals surface area (Å²) < 4.78 is 7.41. The van der Waals surface area contributed by atoms with Gasteiger partial charge in [0, 0.05) is 34.8 Å². The van der Waals surface area contributed by atoms with E-state index in [0.29, 0.717) is 45.8 Å². The van der Waals surface area contributed by atoms with Crippen LogP contribution in [-0.2, 0) is 6.42 Å². The molecule has 8 nitrogen and oxygen atoms in total. The summed E-state index contributed by atoms with van der Waals surface area (Å²) in [6.45, 7) is 3.14. The van der Waals surface area contributed by atoms with E-state index in [2.05, 4.69) is 20.2 Å². The highest BCUT2D eigenvalue weighted by Gasteiger charge is 2.20. The molecule has 2 N–H and O–H groups in total. The normalized spacial score (nSPS) is 12.3. The Morgan fingerprint density at radius 3 is 2.67 bits per heavy atom. The van der Waals surface area contributed by atoms with Crippen molar-refractivity contribution in [2.24, 2.45) is 0 Å². The number of aliphatic hydroxyl groups excluding tert-OH is 1. The summed E-state index contributed by atoms with van der Waals surface area (Å²) in [5.74, 6) is 1.16. The van der Waals surface area contributed by atoms with Crippen molar-refractivity contribution >= 4 is 39.6 Å². The Labute approximate surface area is 177 Å². The number of ether oxygens (including phenoxy) is 1. The van der Waals surface area contributed by atoms with Crippen molar-refractivity contribution in [2.45, 2.75) is 20.3 Å². The van der Waals surface area contributed by atoms with E-state index in [1.54, 1.807) is 25.3 Å². The third-order valence-electron chi connectivity index (χ3n) is 4.74. The molecule has 0 atom stereocenters. The number of halogens is 1. The first-order valence-corrected chi connectivity index (χ1v) is 9.55. The van der Waals surface area contributed by atoms with Crippen LogP contribution in [0.25, 0.3) is 22.3 Å². The first-order chi connectivity index (χ1) is 14.4. The Kier molecular flexibility index (Phi) is 5.09. The summed E-state index contributed by atoms with van der Waals surface area (Å²) in [4.78, 5) is 8.82. The van der Waals surface area contributed by atoms with Gasteiger partial charge in [-0.3, -0.25) is 9.38 Å². The van der Waals surface area contributed by atoms with E-state index < -0.39 is 0 Å². The van der Waals surface area contributed by atoms with Crippen molar-refractivity contribution < 1.29 is 9.84 Å². The molecule has 0 aliphatic carbocycles. The van der Waals surface area contributed by atoms with Crippen LogP contribution in [0.4, 0.5) is 0 Å². The van der Waals surface area contributed by atoms with Crippen LogP contribution in [0.3, 0.4) is 0 Å². The maximum atomic E-state index is 10.1. The molecular formula is C21H19ClN6O2. The van der Waals surface area contributed by atoms with Crippen LogP contribution in [-0.4, -0.2) is 42.5 Å². The molecule has 4 rings (SSSR count). The predicted octanol–water partition coefficient (Wildman–Crippen LogP) is 4.25. The highest BCUT2D eigenvalue weighted by molar-refractivity contribution is 6.32. The van der Waals surface area contributed by atoms with Crippen molar-refractivity contribution in [2.75, 3.05) is 7.11 Å². The second-order valence-corrected chi connectivity index (χ2v) is 7.16. The lowest BCUT2D eigenvalue weighted by molar-refractivity contribution is 0.409. The van der Waals surface area contributed by atoms with Crippen molar-refractivity contribution in [3.8, 4) is 5.75 Å². The van der Waals surface area contributed by atoms with Gasteiger partial charge in [-0.15, -0.1) is 10.2 Å². The number of aliphatic hydroxyl groups is 1. The van der Waals surface area contributed by atoms with Crippen molar-refractivity contribution in [3.63, 3.8) is 0 Å². The number of aromatic nitrogens is 5. The highest BCUT2D eigenvalue weighted by Crippen LogP contribution is 2.34. The quantitative estimate of drug-likeness (QED) is 0.367. The van der Waals surface area contributed by atoms with Crippen LogP contribution in [0.1, 0.15) is 30.9 Å². The van der Waals surface area contributed by atoms with Gasteiger partial charge in [-0.1, -0.05) is 17.7 Å². The van der Waals surface area contributed by atoms with Crippen LogP contribution < -0.4 is 4.74 Å². The third kappa shape index (κ3) is 3.35. The van der Waals surface area contributed by atoms with E-state index in [1.807, 2.05) is 22.6 Å². The van der Waals surface area contributed by atoms with Gasteiger partial charge >= 0.3 is 0 Å². The summed E-state index contributed by atoms with van der Waals surface area (Å²) in [6, 6.07) is 9.22. The summed E-state index contributed by atoms with van der Waals surface area (Å²) in [7, 11) is 1.54. The molecule has 0 aliphatic heterocycles. The number of rotatable bonds is 5. The van der Waals surface area contributed by atoms with Crippen molar-refractivity contribution in [3.05, 3.63) is 64.5 Å². The van der Waals surface area contributed by atoms with E-state index in [9.17, 15) is 5.11 Å². The average Bonchev–Trinajstić information content (AvgIpc) is 3.12. The van der Waals surface area contributed by atoms with Gasteiger partial charge in [0.1, 0.15) is 11.6 Å². The smallest absolute Gasteiger partial charge is 0.199 e. The lowest BCUT2D eigenvalue weighted by atomic mass is 9.99. The van der Waals surface area contributed by atoms with Crippen molar-refractivity contribution in [1.82, 2.24) is 24.6 Å². The number of hydrogen-bond donors (Lipinski definition) is 2. The molecular weight excluding hydrogens is 404 g/mol. The van der Waals surface area contributed by atoms with E-state index in [0.717, 1.165) is 5.69 Å². The lowest BCUT2D eigenvalue weighted by Gasteiger charge is -2.15. The molecule has 30 heavy (non-hydrogen) atoms. The second-order valence-electron chi connectivity index (χ2n) is 6.80. The number of nitrogens with one attached hydrogen (secondary N) is 1. The molecule has 1 aromatic carbocycles. The zero-order chi connectivity index (χ0) is 21.4. The summed E-state index contributed by atoms with van der Waals surface area (Å²) in [6.07, 6.45) is 2.19. The van der Waals surface area contributed by atoms with Crippen LogP contribution in [0, 0.1) is 5.41 Å². The van der Waals surface area contributed by atoms with Gasteiger partial charge in [0.25, 0.3) is 0 Å². The Bertz CT molecular complexity index is 1310. The Hall–Kier alpha value is -3.52. The Morgan fingerprint density at radius 2 is 2.03 bits per heavy atom. The minimum atomic E-state index is 0.0208. The molecule has 0 saturated heterocycles. The van der Waals surface area contributed by atoms with Gasteiger partial charge in [-0.05, 0) is 32.0 Å². The largest absolute Gasteiger partial charge is 0.512 e. The van der Waals surface area contributed by atoms with E-state index in [-0.39, 0.29) is 16.6 Å². The fraction of sp³-hybridized carbons (Fsp3) is 0.190. The first-order valence-electron chi connectivity index (χ1n) is 9.17. The second kappa shape index (κ2) is 7.72. The van der Waals surface area contributed by atoms with Crippen LogP contribution in [0.5, 0.6) is 5.75 Å². The molecule has 0 saturated carbocycles. The average molecular weight is 423 g/mol. The zero-order valence-electron chi connectivity index (χ0n) is 16.6. The fourth-order valence-corrected chi connectivity index (χ4v) is 3.71. The molecule has 3 aromatic heterocycles. The van der Waals surface area contributed by atoms with E-state index >= 15 is 0 Å². The monoisotopic (exact) mass is 422 g/mol. The minimum absolute atomic E-state index is 0.0208. The molecule has 3 heterocycles. The maximum absolute atomic E-state index is 10.1. The third-order valence-corrected chi connectivity index (χ3v) is 5.00. The lowest BCUT2D eigenvalue weighted by Crippen LogP contribution is -2.05. The van der Waals surface area contributed by atoms with E-state index in [4.69, 9.17) is 21.7 Å². The van der Waals surface area contributed by atoms with Crippen LogP contribution >= 0.6 is 11.6 Å². The fourth-order valence-electron chi connectivity index (χ4n) is 3.50. The number of fused-ring (bicyclic) bond motifs is 3. The van der Waals surface area contributed by atoms with Gasteiger partial charge in [-0.25, -0.2) is 4.98 Å². The molecule has 0 fully saturated rings. The standard InChI is InChI=1S/C21H19ClN6O2/c1-11(23)19(12(2)29)14-9-15-16(10-17(14)30-3)28-18(8-13-6-4-5-7-24-13)26-27-21(28)20(22)25-15/h4-7,9-10,23,29H,8H2,1-3H3/b19-12+,23-11?. The van der Waals surface area contributed by atoms with Gasteiger partial charge < -0.3 is 15.3 Å². The molecule has 0 unspecified atom stereocenters. The number of allylic oxidation sites excluding steroid dienone is 2. The maximum Gasteiger partial charge on any atom is 0.199 e. The first kappa shape index (κ1) is 19.8. The summed E-state index contributed by atoms with van der Waals surface area (Å²) in [5.41, 5.74) is 3.68. The number of methoxy groups -OCH3 is 1. The molecule has 152 valence electrons. The molecule has 0 amide bonds. The molecule has 0 aliphatic rings. The molecule has 0 spiro atoms.